The molecule has 0 aliphatic carbocycles. The van der Waals surface area contributed by atoms with E-state index in [2.05, 4.69) is 37.0 Å². The van der Waals surface area contributed by atoms with Gasteiger partial charge >= 0.3 is 0 Å². The minimum atomic E-state index is -0.0670. The molecule has 0 aliphatic heterocycles. The zero-order valence-corrected chi connectivity index (χ0v) is 10.1. The molecule has 16 heavy (non-hydrogen) atoms. The van der Waals surface area contributed by atoms with Crippen LogP contribution in [0.3, 0.4) is 0 Å². The average Bonchev–Trinajstić information content (AvgIpc) is 2.60. The molecule has 0 amide bonds. The highest BCUT2D eigenvalue weighted by Crippen LogP contribution is 2.23. The van der Waals surface area contributed by atoms with Crippen molar-refractivity contribution >= 4 is 11.0 Å². The Bertz CT molecular complexity index is 500. The Kier molecular flexibility index (Phi) is 2.72. The van der Waals surface area contributed by atoms with Crippen molar-refractivity contribution in [3.8, 4) is 0 Å². The number of benzene rings is 1. The van der Waals surface area contributed by atoms with Gasteiger partial charge < -0.3 is 9.67 Å². The van der Waals surface area contributed by atoms with Gasteiger partial charge in [-0.25, -0.2) is 4.98 Å². The van der Waals surface area contributed by atoms with Crippen LogP contribution in [0.4, 0.5) is 0 Å². The van der Waals surface area contributed by atoms with Crippen molar-refractivity contribution in [2.75, 3.05) is 6.61 Å². The molecule has 1 aromatic heterocycles. The number of imidazole rings is 1. The first-order valence-corrected chi connectivity index (χ1v) is 5.53. The van der Waals surface area contributed by atoms with Crippen LogP contribution in [0.2, 0.25) is 0 Å². The number of aliphatic hydroxyl groups is 1. The first-order valence-electron chi connectivity index (χ1n) is 5.53. The van der Waals surface area contributed by atoms with E-state index in [9.17, 15) is 5.11 Å². The van der Waals surface area contributed by atoms with Gasteiger partial charge in [0, 0.05) is 13.7 Å². The molecule has 0 radical (unpaired) electrons. The highest BCUT2D eigenvalue weighted by Gasteiger charge is 2.17. The van der Waals surface area contributed by atoms with E-state index in [4.69, 9.17) is 0 Å². The quantitative estimate of drug-likeness (QED) is 0.857. The number of aliphatic hydroxyl groups excluding tert-OH is 1. The van der Waals surface area contributed by atoms with Crippen LogP contribution in [-0.2, 0) is 13.5 Å². The van der Waals surface area contributed by atoms with Crippen LogP contribution in [0.1, 0.15) is 19.4 Å². The van der Waals surface area contributed by atoms with Crippen LogP contribution in [-0.4, -0.2) is 21.3 Å². The van der Waals surface area contributed by atoms with Crippen molar-refractivity contribution in [1.82, 2.24) is 9.55 Å². The second kappa shape index (κ2) is 3.91. The molecule has 2 rings (SSSR count). The number of fused-ring (bicyclic) bond motifs is 1. The standard InChI is InChI=1S/C13H18N2O/c1-13(2,8-16)7-10-4-5-12-11(6-10)14-9-15(12)3/h4-6,9,16H,7-8H2,1-3H3. The summed E-state index contributed by atoms with van der Waals surface area (Å²) >= 11 is 0. The van der Waals surface area contributed by atoms with Crippen molar-refractivity contribution < 1.29 is 5.11 Å². The zero-order valence-electron chi connectivity index (χ0n) is 10.1. The summed E-state index contributed by atoms with van der Waals surface area (Å²) in [5.74, 6) is 0. The normalized spacial score (nSPS) is 12.2. The fourth-order valence-corrected chi connectivity index (χ4v) is 1.90. The lowest BCUT2D eigenvalue weighted by molar-refractivity contribution is 0.159. The van der Waals surface area contributed by atoms with Gasteiger partial charge in [0.1, 0.15) is 0 Å². The Morgan fingerprint density at radius 3 is 2.81 bits per heavy atom. The van der Waals surface area contributed by atoms with E-state index in [0.29, 0.717) is 0 Å². The Labute approximate surface area is 95.7 Å². The molecule has 1 aromatic carbocycles. The predicted octanol–water partition coefficient (Wildman–Crippen LogP) is 2.13. The smallest absolute Gasteiger partial charge is 0.0955 e. The Hall–Kier alpha value is -1.35. The Morgan fingerprint density at radius 1 is 1.38 bits per heavy atom. The second-order valence-electron chi connectivity index (χ2n) is 5.18. The van der Waals surface area contributed by atoms with Crippen molar-refractivity contribution in [3.63, 3.8) is 0 Å². The van der Waals surface area contributed by atoms with Crippen LogP contribution >= 0.6 is 0 Å². The zero-order chi connectivity index (χ0) is 11.8. The Morgan fingerprint density at radius 2 is 2.12 bits per heavy atom. The topological polar surface area (TPSA) is 38.0 Å². The average molecular weight is 218 g/mol. The van der Waals surface area contributed by atoms with Gasteiger partial charge in [0.25, 0.3) is 0 Å². The monoisotopic (exact) mass is 218 g/mol. The molecule has 0 aliphatic rings. The van der Waals surface area contributed by atoms with Crippen molar-refractivity contribution in [2.24, 2.45) is 12.5 Å². The van der Waals surface area contributed by atoms with Crippen LogP contribution in [0.15, 0.2) is 24.5 Å². The van der Waals surface area contributed by atoms with Crippen LogP contribution in [0, 0.1) is 5.41 Å². The molecule has 2 aromatic rings. The summed E-state index contributed by atoms with van der Waals surface area (Å²) in [6.45, 7) is 4.33. The maximum absolute atomic E-state index is 9.25. The molecular weight excluding hydrogens is 200 g/mol. The summed E-state index contributed by atoms with van der Waals surface area (Å²) in [5, 5.41) is 9.25. The predicted molar refractivity (Wildman–Crippen MR) is 65.3 cm³/mol. The van der Waals surface area contributed by atoms with Crippen molar-refractivity contribution in [1.29, 1.82) is 0 Å². The third kappa shape index (κ3) is 2.09. The molecule has 0 atom stereocenters. The molecular formula is C13H18N2O. The van der Waals surface area contributed by atoms with E-state index in [0.717, 1.165) is 17.5 Å². The minimum Gasteiger partial charge on any atom is -0.396 e. The minimum absolute atomic E-state index is 0.0670. The van der Waals surface area contributed by atoms with Crippen LogP contribution in [0.5, 0.6) is 0 Å². The van der Waals surface area contributed by atoms with Gasteiger partial charge in [0.2, 0.25) is 0 Å². The van der Waals surface area contributed by atoms with E-state index in [-0.39, 0.29) is 12.0 Å². The van der Waals surface area contributed by atoms with Gasteiger partial charge in [0.05, 0.1) is 17.4 Å². The lowest BCUT2D eigenvalue weighted by Crippen LogP contribution is -2.19. The summed E-state index contributed by atoms with van der Waals surface area (Å²) in [6, 6.07) is 6.30. The highest BCUT2D eigenvalue weighted by molar-refractivity contribution is 5.75. The van der Waals surface area contributed by atoms with Gasteiger partial charge in [-0.3, -0.25) is 0 Å². The maximum atomic E-state index is 9.25. The summed E-state index contributed by atoms with van der Waals surface area (Å²) in [5.41, 5.74) is 3.33. The second-order valence-corrected chi connectivity index (χ2v) is 5.18. The summed E-state index contributed by atoms with van der Waals surface area (Å²) < 4.78 is 2.01. The Balaban J connectivity index is 2.33. The fraction of sp³-hybridized carbons (Fsp3) is 0.462. The van der Waals surface area contributed by atoms with Gasteiger partial charge in [-0.1, -0.05) is 19.9 Å². The van der Waals surface area contributed by atoms with E-state index in [1.807, 2.05) is 17.9 Å². The molecule has 0 unspecified atom stereocenters. The third-order valence-corrected chi connectivity index (χ3v) is 2.90. The van der Waals surface area contributed by atoms with E-state index in [1.54, 1.807) is 0 Å². The maximum Gasteiger partial charge on any atom is 0.0955 e. The highest BCUT2D eigenvalue weighted by atomic mass is 16.3. The SMILES string of the molecule is Cn1cnc2cc(CC(C)(C)CO)ccc21. The van der Waals surface area contributed by atoms with E-state index >= 15 is 0 Å². The molecule has 86 valence electrons. The van der Waals surface area contributed by atoms with Gasteiger partial charge in [-0.2, -0.15) is 0 Å². The number of aryl methyl sites for hydroxylation is 1. The van der Waals surface area contributed by atoms with E-state index < -0.39 is 0 Å². The first kappa shape index (κ1) is 11.1. The van der Waals surface area contributed by atoms with Gasteiger partial charge in [0.15, 0.2) is 0 Å². The molecule has 1 N–H and O–H groups in total. The summed E-state index contributed by atoms with van der Waals surface area (Å²) in [4.78, 5) is 4.34. The van der Waals surface area contributed by atoms with E-state index in [1.165, 1.54) is 5.56 Å². The molecule has 0 saturated carbocycles. The molecule has 1 heterocycles. The third-order valence-electron chi connectivity index (χ3n) is 2.90. The van der Waals surface area contributed by atoms with Crippen LogP contribution < -0.4 is 0 Å². The summed E-state index contributed by atoms with van der Waals surface area (Å²) in [7, 11) is 1.99. The van der Waals surface area contributed by atoms with Crippen molar-refractivity contribution in [2.45, 2.75) is 20.3 Å². The van der Waals surface area contributed by atoms with Gasteiger partial charge in [-0.05, 0) is 29.5 Å². The number of hydrogen-bond donors (Lipinski definition) is 1. The largest absolute Gasteiger partial charge is 0.396 e. The molecule has 0 spiro atoms. The molecule has 0 fully saturated rings. The fourth-order valence-electron chi connectivity index (χ4n) is 1.90. The first-order chi connectivity index (χ1) is 7.52. The van der Waals surface area contributed by atoms with Crippen LogP contribution in [0.25, 0.3) is 11.0 Å². The number of rotatable bonds is 3. The van der Waals surface area contributed by atoms with Crippen molar-refractivity contribution in [3.05, 3.63) is 30.1 Å². The summed E-state index contributed by atoms with van der Waals surface area (Å²) in [6.07, 6.45) is 2.70. The lowest BCUT2D eigenvalue weighted by Gasteiger charge is -2.21. The molecule has 0 saturated heterocycles. The molecule has 3 heteroatoms. The lowest BCUT2D eigenvalue weighted by atomic mass is 9.87. The molecule has 3 nitrogen and oxygen atoms in total. The number of hydrogen-bond acceptors (Lipinski definition) is 2. The number of aromatic nitrogens is 2. The number of nitrogens with zero attached hydrogens (tertiary/aromatic N) is 2. The molecule has 0 bridgehead atoms. The van der Waals surface area contributed by atoms with Gasteiger partial charge in [-0.15, -0.1) is 0 Å².